The monoisotopic (exact) mass is 342 g/mol. The lowest BCUT2D eigenvalue weighted by Crippen LogP contribution is -2.23. The molecular formula is C18H15FN2O2S. The topological polar surface area (TPSA) is 62.2 Å². The summed E-state index contributed by atoms with van der Waals surface area (Å²) in [6.45, 7) is 0.246. The van der Waals surface area contributed by atoms with Crippen molar-refractivity contribution in [1.29, 1.82) is 0 Å². The molecule has 2 N–H and O–H groups in total. The van der Waals surface area contributed by atoms with Crippen LogP contribution in [0, 0.1) is 5.82 Å². The summed E-state index contributed by atoms with van der Waals surface area (Å²) in [4.78, 5) is 16.5. The van der Waals surface area contributed by atoms with E-state index < -0.39 is 0 Å². The highest BCUT2D eigenvalue weighted by molar-refractivity contribution is 7.13. The second-order valence-corrected chi connectivity index (χ2v) is 6.01. The SMILES string of the molecule is O=C(NCc1ccccc1CO)c1csc(-c2ccc(F)cc2)n1. The van der Waals surface area contributed by atoms with Crippen molar-refractivity contribution in [2.24, 2.45) is 0 Å². The van der Waals surface area contributed by atoms with Crippen LogP contribution in [0.15, 0.2) is 53.9 Å². The number of halogens is 1. The van der Waals surface area contributed by atoms with Gasteiger partial charge in [-0.3, -0.25) is 4.79 Å². The summed E-state index contributed by atoms with van der Waals surface area (Å²) in [5.74, 6) is -0.594. The van der Waals surface area contributed by atoms with E-state index >= 15 is 0 Å². The normalized spacial score (nSPS) is 10.6. The van der Waals surface area contributed by atoms with Crippen molar-refractivity contribution < 1.29 is 14.3 Å². The molecule has 0 saturated heterocycles. The molecular weight excluding hydrogens is 327 g/mol. The number of nitrogens with one attached hydrogen (secondary N) is 1. The van der Waals surface area contributed by atoms with Gasteiger partial charge in [0.25, 0.3) is 5.91 Å². The Labute approximate surface area is 142 Å². The minimum Gasteiger partial charge on any atom is -0.392 e. The molecule has 0 radical (unpaired) electrons. The van der Waals surface area contributed by atoms with Crippen molar-refractivity contribution in [3.05, 3.63) is 76.5 Å². The largest absolute Gasteiger partial charge is 0.392 e. The van der Waals surface area contributed by atoms with Crippen LogP contribution in [0.5, 0.6) is 0 Å². The maximum Gasteiger partial charge on any atom is 0.271 e. The second-order valence-electron chi connectivity index (χ2n) is 5.15. The number of amides is 1. The summed E-state index contributed by atoms with van der Waals surface area (Å²) >= 11 is 1.33. The van der Waals surface area contributed by atoms with Gasteiger partial charge in [-0.2, -0.15) is 0 Å². The average molecular weight is 342 g/mol. The van der Waals surface area contributed by atoms with E-state index in [1.165, 1.54) is 23.5 Å². The molecule has 0 unspecified atom stereocenters. The Bertz CT molecular complexity index is 846. The molecule has 0 aliphatic carbocycles. The van der Waals surface area contributed by atoms with E-state index in [9.17, 15) is 14.3 Å². The molecule has 1 heterocycles. The Balaban J connectivity index is 1.69. The molecule has 0 aliphatic rings. The van der Waals surface area contributed by atoms with Crippen LogP contribution in [0.4, 0.5) is 4.39 Å². The third-order valence-electron chi connectivity index (χ3n) is 3.56. The van der Waals surface area contributed by atoms with E-state index in [-0.39, 0.29) is 18.3 Å². The first-order valence-electron chi connectivity index (χ1n) is 7.34. The maximum absolute atomic E-state index is 13.0. The third kappa shape index (κ3) is 3.67. The van der Waals surface area contributed by atoms with Crippen LogP contribution in [0.3, 0.4) is 0 Å². The van der Waals surface area contributed by atoms with Crippen molar-refractivity contribution in [1.82, 2.24) is 10.3 Å². The Morgan fingerprint density at radius 2 is 1.83 bits per heavy atom. The fourth-order valence-electron chi connectivity index (χ4n) is 2.25. The summed E-state index contributed by atoms with van der Waals surface area (Å²) in [5.41, 5.74) is 2.73. The number of hydrogen-bond acceptors (Lipinski definition) is 4. The Kier molecular flexibility index (Phi) is 4.98. The van der Waals surface area contributed by atoms with Gasteiger partial charge >= 0.3 is 0 Å². The third-order valence-corrected chi connectivity index (χ3v) is 4.45. The molecule has 0 saturated carbocycles. The molecule has 0 aliphatic heterocycles. The van der Waals surface area contributed by atoms with Crippen LogP contribution in [0.1, 0.15) is 21.6 Å². The van der Waals surface area contributed by atoms with Gasteiger partial charge in [0.1, 0.15) is 16.5 Å². The number of carbonyl (C=O) groups excluding carboxylic acids is 1. The van der Waals surface area contributed by atoms with E-state index in [2.05, 4.69) is 10.3 Å². The fraction of sp³-hybridized carbons (Fsp3) is 0.111. The zero-order valence-corrected chi connectivity index (χ0v) is 13.5. The molecule has 4 nitrogen and oxygen atoms in total. The van der Waals surface area contributed by atoms with E-state index in [1.807, 2.05) is 24.3 Å². The first-order chi connectivity index (χ1) is 11.7. The summed E-state index contributed by atoms with van der Waals surface area (Å²) < 4.78 is 13.0. The van der Waals surface area contributed by atoms with Crippen LogP contribution >= 0.6 is 11.3 Å². The second kappa shape index (κ2) is 7.33. The molecule has 0 atom stereocenters. The minimum absolute atomic E-state index is 0.0720. The highest BCUT2D eigenvalue weighted by Gasteiger charge is 2.12. The van der Waals surface area contributed by atoms with Crippen LogP contribution in [-0.4, -0.2) is 16.0 Å². The number of carbonyl (C=O) groups is 1. The van der Waals surface area contributed by atoms with Gasteiger partial charge in [0.15, 0.2) is 0 Å². The molecule has 122 valence electrons. The molecule has 3 rings (SSSR count). The molecule has 3 aromatic rings. The number of benzene rings is 2. The van der Waals surface area contributed by atoms with Crippen molar-refractivity contribution in [3.63, 3.8) is 0 Å². The van der Waals surface area contributed by atoms with E-state index in [4.69, 9.17) is 0 Å². The van der Waals surface area contributed by atoms with Crippen LogP contribution in [0.25, 0.3) is 10.6 Å². The standard InChI is InChI=1S/C18H15FN2O2S/c19-15-7-5-12(6-8-15)18-21-16(11-24-18)17(23)20-9-13-3-1-2-4-14(13)10-22/h1-8,11,22H,9-10H2,(H,20,23). The predicted octanol–water partition coefficient (Wildman–Crippen LogP) is 3.37. The van der Waals surface area contributed by atoms with Crippen molar-refractivity contribution in [2.45, 2.75) is 13.2 Å². The molecule has 0 spiro atoms. The molecule has 0 bridgehead atoms. The van der Waals surface area contributed by atoms with Crippen molar-refractivity contribution in [2.75, 3.05) is 0 Å². The van der Waals surface area contributed by atoms with Crippen molar-refractivity contribution >= 4 is 17.2 Å². The van der Waals surface area contributed by atoms with Gasteiger partial charge in [-0.05, 0) is 35.4 Å². The molecule has 2 aromatic carbocycles. The smallest absolute Gasteiger partial charge is 0.271 e. The Morgan fingerprint density at radius 3 is 2.54 bits per heavy atom. The number of rotatable bonds is 5. The number of hydrogen-bond donors (Lipinski definition) is 2. The summed E-state index contributed by atoms with van der Waals surface area (Å²) in [6, 6.07) is 13.4. The number of aromatic nitrogens is 1. The first kappa shape index (κ1) is 16.3. The fourth-order valence-corrected chi connectivity index (χ4v) is 3.06. The van der Waals surface area contributed by atoms with Gasteiger partial charge in [0, 0.05) is 17.5 Å². The van der Waals surface area contributed by atoms with Crippen LogP contribution in [-0.2, 0) is 13.2 Å². The molecule has 1 aromatic heterocycles. The van der Waals surface area contributed by atoms with Crippen LogP contribution in [0.2, 0.25) is 0 Å². The van der Waals surface area contributed by atoms with E-state index in [0.29, 0.717) is 17.2 Å². The first-order valence-corrected chi connectivity index (χ1v) is 8.22. The quantitative estimate of drug-likeness (QED) is 0.747. The lowest BCUT2D eigenvalue weighted by atomic mass is 10.1. The Hall–Kier alpha value is -2.57. The van der Waals surface area contributed by atoms with E-state index in [0.717, 1.165) is 16.7 Å². The van der Waals surface area contributed by atoms with Gasteiger partial charge in [-0.15, -0.1) is 11.3 Å². The van der Waals surface area contributed by atoms with Crippen LogP contribution < -0.4 is 5.32 Å². The zero-order chi connectivity index (χ0) is 16.9. The van der Waals surface area contributed by atoms with Gasteiger partial charge in [-0.1, -0.05) is 24.3 Å². The molecule has 0 fully saturated rings. The molecule has 1 amide bonds. The molecule has 6 heteroatoms. The summed E-state index contributed by atoms with van der Waals surface area (Å²) in [5, 5.41) is 14.4. The highest BCUT2D eigenvalue weighted by Crippen LogP contribution is 2.23. The maximum atomic E-state index is 13.0. The molecule has 24 heavy (non-hydrogen) atoms. The predicted molar refractivity (Wildman–Crippen MR) is 91.0 cm³/mol. The summed E-state index contributed by atoms with van der Waals surface area (Å²) in [7, 11) is 0. The zero-order valence-electron chi connectivity index (χ0n) is 12.7. The average Bonchev–Trinajstić information content (AvgIpc) is 3.10. The lowest BCUT2D eigenvalue weighted by Gasteiger charge is -2.07. The minimum atomic E-state index is -0.309. The number of nitrogens with zero attached hydrogens (tertiary/aromatic N) is 1. The Morgan fingerprint density at radius 1 is 1.12 bits per heavy atom. The lowest BCUT2D eigenvalue weighted by molar-refractivity contribution is 0.0946. The van der Waals surface area contributed by atoms with Gasteiger partial charge in [0.05, 0.1) is 6.61 Å². The van der Waals surface area contributed by atoms with Gasteiger partial charge in [0.2, 0.25) is 0 Å². The van der Waals surface area contributed by atoms with Gasteiger partial charge in [-0.25, -0.2) is 9.37 Å². The van der Waals surface area contributed by atoms with Gasteiger partial charge < -0.3 is 10.4 Å². The summed E-state index contributed by atoms with van der Waals surface area (Å²) in [6.07, 6.45) is 0. The van der Waals surface area contributed by atoms with Crippen molar-refractivity contribution in [3.8, 4) is 10.6 Å². The highest BCUT2D eigenvalue weighted by atomic mass is 32.1. The number of aliphatic hydroxyl groups is 1. The van der Waals surface area contributed by atoms with E-state index in [1.54, 1.807) is 17.5 Å². The number of aliphatic hydroxyl groups excluding tert-OH is 1. The number of thiazole rings is 1.